The lowest BCUT2D eigenvalue weighted by atomic mass is 10.2. The minimum Gasteiger partial charge on any atom is -0.490 e. The Kier molecular flexibility index (Phi) is 10.1. The predicted octanol–water partition coefficient (Wildman–Crippen LogP) is 5.17. The van der Waals surface area contributed by atoms with Gasteiger partial charge in [0.2, 0.25) is 0 Å². The molecule has 0 heterocycles. The number of benzene rings is 3. The quantitative estimate of drug-likeness (QED) is 0.184. The van der Waals surface area contributed by atoms with Crippen molar-refractivity contribution in [3.63, 3.8) is 0 Å². The fourth-order valence-electron chi connectivity index (χ4n) is 3.18. The molecule has 0 atom stereocenters. The van der Waals surface area contributed by atoms with Crippen LogP contribution in [0.15, 0.2) is 65.8 Å². The Bertz CT molecular complexity index is 1430. The van der Waals surface area contributed by atoms with Crippen LogP contribution in [0.4, 0.5) is 24.5 Å². The van der Waals surface area contributed by atoms with Crippen LogP contribution < -0.4 is 25.5 Å². The Hall–Kier alpha value is -4.58. The highest BCUT2D eigenvalue weighted by Crippen LogP contribution is 2.31. The van der Waals surface area contributed by atoms with Crippen molar-refractivity contribution < 1.29 is 37.0 Å². The number of ether oxygens (including phenoxy) is 2. The van der Waals surface area contributed by atoms with Crippen LogP contribution in [0.5, 0.6) is 11.5 Å². The first-order chi connectivity index (χ1) is 19.0. The number of aryl methyl sites for hydroxylation is 1. The van der Waals surface area contributed by atoms with Crippen molar-refractivity contribution in [2.24, 2.45) is 5.10 Å². The fourth-order valence-corrected chi connectivity index (χ4v) is 3.36. The van der Waals surface area contributed by atoms with Crippen LogP contribution in [0.25, 0.3) is 0 Å². The molecule has 0 bridgehead atoms. The van der Waals surface area contributed by atoms with Gasteiger partial charge in [0.15, 0.2) is 18.1 Å². The van der Waals surface area contributed by atoms with E-state index in [0.717, 1.165) is 17.7 Å². The number of hydrogen-bond donors (Lipinski definition) is 3. The molecule has 0 saturated heterocycles. The highest BCUT2D eigenvalue weighted by molar-refractivity contribution is 6.39. The van der Waals surface area contributed by atoms with Crippen molar-refractivity contribution in [3.05, 3.63) is 82.4 Å². The summed E-state index contributed by atoms with van der Waals surface area (Å²) in [5, 5.41) is 8.96. The van der Waals surface area contributed by atoms with E-state index in [9.17, 15) is 27.6 Å². The summed E-state index contributed by atoms with van der Waals surface area (Å²) in [6, 6.07) is 13.6. The van der Waals surface area contributed by atoms with Crippen molar-refractivity contribution in [1.82, 2.24) is 5.43 Å². The molecule has 13 heteroatoms. The Balaban J connectivity index is 1.57. The van der Waals surface area contributed by atoms with Crippen molar-refractivity contribution in [1.29, 1.82) is 0 Å². The van der Waals surface area contributed by atoms with E-state index in [1.807, 2.05) is 0 Å². The molecule has 3 amide bonds. The summed E-state index contributed by atoms with van der Waals surface area (Å²) in [6.45, 7) is 3.28. The maximum Gasteiger partial charge on any atom is 0.416 e. The van der Waals surface area contributed by atoms with Crippen LogP contribution >= 0.6 is 11.6 Å². The van der Waals surface area contributed by atoms with E-state index < -0.39 is 36.1 Å². The molecule has 3 aromatic rings. The molecule has 0 aliphatic carbocycles. The van der Waals surface area contributed by atoms with Crippen LogP contribution in [0.2, 0.25) is 5.02 Å². The Morgan fingerprint density at radius 3 is 2.38 bits per heavy atom. The Morgan fingerprint density at radius 2 is 1.68 bits per heavy atom. The van der Waals surface area contributed by atoms with Gasteiger partial charge in [-0.15, -0.1) is 0 Å². The van der Waals surface area contributed by atoms with Gasteiger partial charge in [-0.25, -0.2) is 5.43 Å². The van der Waals surface area contributed by atoms with E-state index in [0.29, 0.717) is 16.3 Å². The molecule has 9 nitrogen and oxygen atoms in total. The van der Waals surface area contributed by atoms with Crippen molar-refractivity contribution in [3.8, 4) is 11.5 Å². The molecule has 0 aliphatic heterocycles. The van der Waals surface area contributed by atoms with Crippen LogP contribution in [-0.4, -0.2) is 37.1 Å². The fraction of sp³-hybridized carbons (Fsp3) is 0.185. The largest absolute Gasteiger partial charge is 0.490 e. The summed E-state index contributed by atoms with van der Waals surface area (Å²) in [5.74, 6) is -2.19. The van der Waals surface area contributed by atoms with Crippen LogP contribution in [0, 0.1) is 6.92 Å². The molecule has 40 heavy (non-hydrogen) atoms. The van der Waals surface area contributed by atoms with Gasteiger partial charge in [0, 0.05) is 16.4 Å². The number of nitrogens with zero attached hydrogens (tertiary/aromatic N) is 1. The molecule has 3 rings (SSSR count). The van der Waals surface area contributed by atoms with Gasteiger partial charge in [-0.3, -0.25) is 14.4 Å². The average Bonchev–Trinajstić information content (AvgIpc) is 2.90. The highest BCUT2D eigenvalue weighted by atomic mass is 35.5. The zero-order chi connectivity index (χ0) is 29.3. The van der Waals surface area contributed by atoms with Gasteiger partial charge in [-0.05, 0) is 73.5 Å². The molecular formula is C27H24ClF3N4O5. The lowest BCUT2D eigenvalue weighted by molar-refractivity contribution is -0.137. The summed E-state index contributed by atoms with van der Waals surface area (Å²) < 4.78 is 49.6. The first kappa shape index (κ1) is 30.0. The third kappa shape index (κ3) is 8.73. The number of carbonyl (C=O) groups excluding carboxylic acids is 3. The summed E-state index contributed by atoms with van der Waals surface area (Å²) in [7, 11) is 0. The van der Waals surface area contributed by atoms with Gasteiger partial charge in [-0.2, -0.15) is 18.3 Å². The lowest BCUT2D eigenvalue weighted by Gasteiger charge is -2.13. The number of halogens is 4. The molecule has 0 saturated carbocycles. The maximum atomic E-state index is 12.9. The normalized spacial score (nSPS) is 11.2. The monoisotopic (exact) mass is 576 g/mol. The van der Waals surface area contributed by atoms with Crippen molar-refractivity contribution in [2.45, 2.75) is 20.0 Å². The molecule has 0 spiro atoms. The second-order valence-electron chi connectivity index (χ2n) is 8.17. The standard InChI is InChI=1S/C27H24ClF3N4O5/c1-3-39-23-11-17(14-32-35-26(38)25(37)34-20-9-7-16(2)21(28)13-20)8-10-22(23)40-15-24(36)33-19-6-4-5-18(12-19)27(29,30)31/h4-14H,3,15H2,1-2H3,(H,33,36)(H,34,37)(H,35,38)/b32-14+. The number of carbonyl (C=O) groups is 3. The number of amides is 3. The summed E-state index contributed by atoms with van der Waals surface area (Å²) in [6.07, 6.45) is -3.28. The number of hydrogen-bond acceptors (Lipinski definition) is 6. The van der Waals surface area contributed by atoms with Crippen molar-refractivity contribution in [2.75, 3.05) is 23.8 Å². The molecule has 3 N–H and O–H groups in total. The predicted molar refractivity (Wildman–Crippen MR) is 144 cm³/mol. The smallest absolute Gasteiger partial charge is 0.416 e. The van der Waals surface area contributed by atoms with E-state index >= 15 is 0 Å². The minimum absolute atomic E-state index is 0.0293. The number of alkyl halides is 3. The summed E-state index contributed by atoms with van der Waals surface area (Å²) in [5.41, 5.74) is 2.82. The second kappa shape index (κ2) is 13.5. The molecule has 0 fully saturated rings. The van der Waals surface area contributed by atoms with Crippen molar-refractivity contribution >= 4 is 46.9 Å². The first-order valence-corrected chi connectivity index (χ1v) is 12.1. The molecule has 0 aliphatic rings. The van der Waals surface area contributed by atoms with E-state index in [1.54, 1.807) is 32.0 Å². The Labute approximate surface area is 232 Å². The number of nitrogens with one attached hydrogen (secondary N) is 3. The van der Waals surface area contributed by atoms with E-state index in [2.05, 4.69) is 21.2 Å². The molecular weight excluding hydrogens is 553 g/mol. The van der Waals surface area contributed by atoms with Gasteiger partial charge in [-0.1, -0.05) is 23.7 Å². The zero-order valence-corrected chi connectivity index (χ0v) is 22.0. The second-order valence-corrected chi connectivity index (χ2v) is 8.58. The number of hydrazone groups is 1. The SMILES string of the molecule is CCOc1cc(/C=N/NC(=O)C(=O)Nc2ccc(C)c(Cl)c2)ccc1OCC(=O)Nc1cccc(C(F)(F)F)c1. The summed E-state index contributed by atoms with van der Waals surface area (Å²) >= 11 is 6.01. The Morgan fingerprint density at radius 1 is 0.925 bits per heavy atom. The molecule has 210 valence electrons. The van der Waals surface area contributed by atoms with Gasteiger partial charge in [0.05, 0.1) is 18.4 Å². The third-order valence-corrected chi connectivity index (χ3v) is 5.52. The minimum atomic E-state index is -4.54. The topological polar surface area (TPSA) is 118 Å². The van der Waals surface area contributed by atoms with Gasteiger partial charge < -0.3 is 20.1 Å². The molecule has 0 unspecified atom stereocenters. The van der Waals surface area contributed by atoms with E-state index in [-0.39, 0.29) is 23.8 Å². The molecule has 3 aromatic carbocycles. The molecule has 0 aromatic heterocycles. The zero-order valence-electron chi connectivity index (χ0n) is 21.3. The van der Waals surface area contributed by atoms with Crippen LogP contribution in [0.1, 0.15) is 23.6 Å². The average molecular weight is 577 g/mol. The first-order valence-electron chi connectivity index (χ1n) is 11.7. The number of rotatable bonds is 9. The molecule has 0 radical (unpaired) electrons. The van der Waals surface area contributed by atoms with Gasteiger partial charge in [0.1, 0.15) is 0 Å². The number of anilines is 2. The van der Waals surface area contributed by atoms with Crippen LogP contribution in [0.3, 0.4) is 0 Å². The summed E-state index contributed by atoms with van der Waals surface area (Å²) in [4.78, 5) is 36.4. The maximum absolute atomic E-state index is 12.9. The van der Waals surface area contributed by atoms with Gasteiger partial charge in [0.25, 0.3) is 5.91 Å². The lowest BCUT2D eigenvalue weighted by Crippen LogP contribution is -2.32. The third-order valence-electron chi connectivity index (χ3n) is 5.12. The van der Waals surface area contributed by atoms with E-state index in [4.69, 9.17) is 21.1 Å². The van der Waals surface area contributed by atoms with E-state index in [1.165, 1.54) is 36.5 Å². The highest BCUT2D eigenvalue weighted by Gasteiger charge is 2.30. The van der Waals surface area contributed by atoms with Crippen LogP contribution in [-0.2, 0) is 20.6 Å². The van der Waals surface area contributed by atoms with Gasteiger partial charge >= 0.3 is 18.0 Å².